The molecule has 1 fully saturated rings. The Morgan fingerprint density at radius 2 is 1.77 bits per heavy atom. The molecule has 1 aliphatic rings. The smallest absolute Gasteiger partial charge is 0.243 e. The van der Waals surface area contributed by atoms with Crippen molar-refractivity contribution in [2.24, 2.45) is 0 Å². The molecule has 4 rings (SSSR count). The van der Waals surface area contributed by atoms with Gasteiger partial charge in [0, 0.05) is 44.6 Å². The second-order valence-corrected chi connectivity index (χ2v) is 9.62. The van der Waals surface area contributed by atoms with Gasteiger partial charge in [0.05, 0.1) is 11.4 Å². The number of pyridine rings is 1. The van der Waals surface area contributed by atoms with Gasteiger partial charge < -0.3 is 10.2 Å². The van der Waals surface area contributed by atoms with Crippen LogP contribution < -0.4 is 5.32 Å². The first-order chi connectivity index (χ1) is 14.9. The van der Waals surface area contributed by atoms with E-state index in [0.717, 1.165) is 16.3 Å². The first-order valence-corrected chi connectivity index (χ1v) is 11.8. The maximum atomic E-state index is 13.1. The van der Waals surface area contributed by atoms with E-state index in [4.69, 9.17) is 0 Å². The zero-order valence-electron chi connectivity index (χ0n) is 17.4. The number of benzene rings is 2. The van der Waals surface area contributed by atoms with Crippen molar-refractivity contribution in [1.29, 1.82) is 0 Å². The van der Waals surface area contributed by atoms with Crippen LogP contribution in [0.5, 0.6) is 0 Å². The van der Waals surface area contributed by atoms with Crippen LogP contribution in [0, 0.1) is 0 Å². The minimum absolute atomic E-state index is 0.00669. The van der Waals surface area contributed by atoms with Crippen LogP contribution in [0.1, 0.15) is 18.5 Å². The van der Waals surface area contributed by atoms with Gasteiger partial charge in [-0.3, -0.25) is 9.78 Å². The van der Waals surface area contributed by atoms with Crippen LogP contribution in [-0.2, 0) is 14.8 Å². The number of aromatic nitrogens is 1. The number of hydrogen-bond acceptors (Lipinski definition) is 5. The van der Waals surface area contributed by atoms with E-state index in [-0.39, 0.29) is 23.4 Å². The summed E-state index contributed by atoms with van der Waals surface area (Å²) in [5.74, 6) is -0.0292. The average Bonchev–Trinajstić information content (AvgIpc) is 2.82. The Morgan fingerprint density at radius 3 is 2.48 bits per heavy atom. The van der Waals surface area contributed by atoms with Crippen LogP contribution in [0.15, 0.2) is 71.9 Å². The number of hydrogen-bond donors (Lipinski definition) is 1. The number of carbonyl (C=O) groups is 1. The molecule has 1 atom stereocenters. The van der Waals surface area contributed by atoms with Gasteiger partial charge in [-0.05, 0) is 41.5 Å². The Balaban J connectivity index is 1.34. The molecule has 31 heavy (non-hydrogen) atoms. The van der Waals surface area contributed by atoms with E-state index in [1.54, 1.807) is 29.4 Å². The van der Waals surface area contributed by atoms with Crippen molar-refractivity contribution >= 4 is 26.7 Å². The number of carbonyl (C=O) groups excluding carboxylic acids is 1. The first-order valence-electron chi connectivity index (χ1n) is 10.4. The van der Waals surface area contributed by atoms with Crippen molar-refractivity contribution in [3.63, 3.8) is 0 Å². The van der Waals surface area contributed by atoms with Crippen molar-refractivity contribution in [2.75, 3.05) is 32.7 Å². The fourth-order valence-electron chi connectivity index (χ4n) is 3.76. The highest BCUT2D eigenvalue weighted by atomic mass is 32.2. The fraction of sp³-hybridized carbons (Fsp3) is 0.304. The minimum Gasteiger partial charge on any atom is -0.339 e. The molecule has 162 valence electrons. The standard InChI is InChI=1S/C23H26N4O3S/c1-18(21-7-4-10-24-16-21)25-17-23(28)26-11-13-27(14-12-26)31(29,30)22-9-8-19-5-2-3-6-20(19)15-22/h2-10,15-16,18,25H,11-14,17H2,1H3. The molecule has 1 aromatic heterocycles. The van der Waals surface area contributed by atoms with Crippen LogP contribution in [0.4, 0.5) is 0 Å². The van der Waals surface area contributed by atoms with Gasteiger partial charge >= 0.3 is 0 Å². The van der Waals surface area contributed by atoms with E-state index >= 15 is 0 Å². The SMILES string of the molecule is CC(NCC(=O)N1CCN(S(=O)(=O)c2ccc3ccccc3c2)CC1)c1cccnc1. The number of nitrogens with one attached hydrogen (secondary N) is 1. The largest absolute Gasteiger partial charge is 0.339 e. The lowest BCUT2D eigenvalue weighted by atomic mass is 10.1. The first kappa shape index (κ1) is 21.4. The second-order valence-electron chi connectivity index (χ2n) is 7.68. The summed E-state index contributed by atoms with van der Waals surface area (Å²) in [6.45, 7) is 3.53. The molecular formula is C23H26N4O3S. The van der Waals surface area contributed by atoms with Gasteiger partial charge in [-0.1, -0.05) is 36.4 Å². The molecule has 8 heteroatoms. The Bertz CT molecular complexity index is 1160. The zero-order valence-corrected chi connectivity index (χ0v) is 18.3. The molecule has 1 unspecified atom stereocenters. The van der Waals surface area contributed by atoms with Crippen LogP contribution in [0.3, 0.4) is 0 Å². The molecule has 0 bridgehead atoms. The molecule has 7 nitrogen and oxygen atoms in total. The molecule has 2 heterocycles. The molecule has 1 aliphatic heterocycles. The summed E-state index contributed by atoms with van der Waals surface area (Å²) in [4.78, 5) is 18.7. The van der Waals surface area contributed by atoms with E-state index in [9.17, 15) is 13.2 Å². The molecular weight excluding hydrogens is 412 g/mol. The number of fused-ring (bicyclic) bond motifs is 1. The Morgan fingerprint density at radius 1 is 1.03 bits per heavy atom. The minimum atomic E-state index is -3.59. The number of nitrogens with zero attached hydrogens (tertiary/aromatic N) is 3. The van der Waals surface area contributed by atoms with Gasteiger partial charge in [-0.2, -0.15) is 4.31 Å². The van der Waals surface area contributed by atoms with Crippen LogP contribution in [0.2, 0.25) is 0 Å². The predicted molar refractivity (Wildman–Crippen MR) is 120 cm³/mol. The molecule has 3 aromatic rings. The molecule has 2 aromatic carbocycles. The summed E-state index contributed by atoms with van der Waals surface area (Å²) < 4.78 is 27.6. The Labute approximate surface area is 182 Å². The lowest BCUT2D eigenvalue weighted by Gasteiger charge is -2.34. The van der Waals surface area contributed by atoms with E-state index in [1.807, 2.05) is 49.4 Å². The van der Waals surface area contributed by atoms with Crippen molar-refractivity contribution in [1.82, 2.24) is 19.5 Å². The van der Waals surface area contributed by atoms with Crippen molar-refractivity contribution in [2.45, 2.75) is 17.9 Å². The number of rotatable bonds is 6. The maximum Gasteiger partial charge on any atom is 0.243 e. The number of sulfonamides is 1. The summed E-state index contributed by atoms with van der Waals surface area (Å²) in [6.07, 6.45) is 3.49. The summed E-state index contributed by atoms with van der Waals surface area (Å²) in [7, 11) is -3.59. The molecule has 0 spiro atoms. The molecule has 0 aliphatic carbocycles. The number of piperazine rings is 1. The molecule has 0 radical (unpaired) electrons. The third-order valence-electron chi connectivity index (χ3n) is 5.69. The van der Waals surface area contributed by atoms with Gasteiger partial charge in [-0.25, -0.2) is 8.42 Å². The highest BCUT2D eigenvalue weighted by Crippen LogP contribution is 2.23. The molecule has 0 saturated carbocycles. The third-order valence-corrected chi connectivity index (χ3v) is 7.59. The quantitative estimate of drug-likeness (QED) is 0.639. The maximum absolute atomic E-state index is 13.1. The van der Waals surface area contributed by atoms with Crippen molar-refractivity contribution in [3.05, 3.63) is 72.6 Å². The highest BCUT2D eigenvalue weighted by Gasteiger charge is 2.30. The summed E-state index contributed by atoms with van der Waals surface area (Å²) in [5.41, 5.74) is 1.02. The number of amides is 1. The average molecular weight is 439 g/mol. The summed E-state index contributed by atoms with van der Waals surface area (Å²) in [5, 5.41) is 5.12. The molecule has 1 amide bonds. The second kappa shape index (κ2) is 9.13. The highest BCUT2D eigenvalue weighted by molar-refractivity contribution is 7.89. The van der Waals surface area contributed by atoms with Crippen LogP contribution >= 0.6 is 0 Å². The monoisotopic (exact) mass is 438 g/mol. The van der Waals surface area contributed by atoms with Gasteiger partial charge in [-0.15, -0.1) is 0 Å². The summed E-state index contributed by atoms with van der Waals surface area (Å²) >= 11 is 0. The van der Waals surface area contributed by atoms with E-state index < -0.39 is 10.0 Å². The van der Waals surface area contributed by atoms with E-state index in [2.05, 4.69) is 10.3 Å². The Kier molecular flexibility index (Phi) is 6.31. The van der Waals surface area contributed by atoms with Crippen LogP contribution in [-0.4, -0.2) is 61.2 Å². The molecule has 1 N–H and O–H groups in total. The topological polar surface area (TPSA) is 82.6 Å². The van der Waals surface area contributed by atoms with Gasteiger partial charge in [0.25, 0.3) is 0 Å². The predicted octanol–water partition coefficient (Wildman–Crippen LogP) is 2.42. The van der Waals surface area contributed by atoms with Crippen molar-refractivity contribution < 1.29 is 13.2 Å². The molecule has 1 saturated heterocycles. The normalized spacial score (nSPS) is 16.4. The zero-order chi connectivity index (χ0) is 21.8. The fourth-order valence-corrected chi connectivity index (χ4v) is 5.22. The van der Waals surface area contributed by atoms with E-state index in [1.165, 1.54) is 4.31 Å². The lowest BCUT2D eigenvalue weighted by Crippen LogP contribution is -2.52. The van der Waals surface area contributed by atoms with Crippen LogP contribution in [0.25, 0.3) is 10.8 Å². The van der Waals surface area contributed by atoms with E-state index in [0.29, 0.717) is 26.2 Å². The van der Waals surface area contributed by atoms with Gasteiger partial charge in [0.1, 0.15) is 0 Å². The van der Waals surface area contributed by atoms with Crippen molar-refractivity contribution in [3.8, 4) is 0 Å². The lowest BCUT2D eigenvalue weighted by molar-refractivity contribution is -0.131. The third kappa shape index (κ3) is 4.76. The van der Waals surface area contributed by atoms with Gasteiger partial charge in [0.2, 0.25) is 15.9 Å². The Hall–Kier alpha value is -2.81. The van der Waals surface area contributed by atoms with Gasteiger partial charge in [0.15, 0.2) is 0 Å². The summed E-state index contributed by atoms with van der Waals surface area (Å²) in [6, 6.07) is 16.7.